The lowest BCUT2D eigenvalue weighted by Crippen LogP contribution is -2.41. The van der Waals surface area contributed by atoms with Gasteiger partial charge in [-0.25, -0.2) is 0 Å². The van der Waals surface area contributed by atoms with Gasteiger partial charge in [0.15, 0.2) is 0 Å². The monoisotopic (exact) mass is 286 g/mol. The lowest BCUT2D eigenvalue weighted by atomic mass is 10.0. The van der Waals surface area contributed by atoms with E-state index in [2.05, 4.69) is 5.32 Å². The van der Waals surface area contributed by atoms with E-state index in [1.54, 1.807) is 13.8 Å². The Morgan fingerprint density at radius 2 is 1.89 bits per heavy atom. The van der Waals surface area contributed by atoms with Gasteiger partial charge in [0.1, 0.15) is 0 Å². The predicted molar refractivity (Wildman–Crippen MR) is 79.2 cm³/mol. The van der Waals surface area contributed by atoms with Crippen LogP contribution in [0.4, 0.5) is 0 Å². The molecular formula is C14H23ClN2O2. The normalized spacial score (nSPS) is 14.9. The molecule has 0 spiro atoms. The molecule has 19 heavy (non-hydrogen) atoms. The molecule has 0 aliphatic carbocycles. The van der Waals surface area contributed by atoms with E-state index in [1.807, 2.05) is 30.3 Å². The second-order valence-electron chi connectivity index (χ2n) is 4.74. The van der Waals surface area contributed by atoms with Crippen LogP contribution in [-0.2, 0) is 11.2 Å². The molecule has 1 aromatic rings. The largest absolute Gasteiger partial charge is 0.391 e. The summed E-state index contributed by atoms with van der Waals surface area (Å²) in [6.45, 7) is 3.83. The number of hydrogen-bond donors (Lipinski definition) is 3. The average Bonchev–Trinajstić information content (AvgIpc) is 2.36. The van der Waals surface area contributed by atoms with Gasteiger partial charge in [0, 0.05) is 24.9 Å². The maximum atomic E-state index is 11.6. The van der Waals surface area contributed by atoms with Gasteiger partial charge >= 0.3 is 0 Å². The summed E-state index contributed by atoms with van der Waals surface area (Å²) in [4.78, 5) is 11.6. The van der Waals surface area contributed by atoms with E-state index in [9.17, 15) is 9.90 Å². The Bertz CT molecular complexity index is 371. The quantitative estimate of drug-likeness (QED) is 0.733. The molecule has 0 fully saturated rings. The Hall–Kier alpha value is -1.10. The molecule has 0 aliphatic heterocycles. The van der Waals surface area contributed by atoms with E-state index in [-0.39, 0.29) is 36.8 Å². The summed E-state index contributed by atoms with van der Waals surface area (Å²) in [5.41, 5.74) is 6.70. The molecule has 0 bridgehead atoms. The molecule has 0 aromatic heterocycles. The first-order chi connectivity index (χ1) is 8.50. The van der Waals surface area contributed by atoms with Gasteiger partial charge in [-0.3, -0.25) is 4.79 Å². The summed E-state index contributed by atoms with van der Waals surface area (Å²) in [6.07, 6.45) is -0.0372. The molecular weight excluding hydrogens is 264 g/mol. The maximum absolute atomic E-state index is 11.6. The highest BCUT2D eigenvalue weighted by atomic mass is 35.5. The summed E-state index contributed by atoms with van der Waals surface area (Å²) in [5.74, 6) is -0.356. The summed E-state index contributed by atoms with van der Waals surface area (Å²) < 4.78 is 0. The molecule has 3 atom stereocenters. The van der Waals surface area contributed by atoms with Gasteiger partial charge in [0.05, 0.1) is 6.10 Å². The molecule has 0 saturated carbocycles. The zero-order valence-electron chi connectivity index (χ0n) is 11.4. The smallest absolute Gasteiger partial charge is 0.224 e. The van der Waals surface area contributed by atoms with Gasteiger partial charge in [0.2, 0.25) is 5.91 Å². The van der Waals surface area contributed by atoms with Crippen LogP contribution in [0, 0.1) is 5.92 Å². The van der Waals surface area contributed by atoms with Crippen LogP contribution in [-0.4, -0.2) is 29.7 Å². The molecule has 0 radical (unpaired) electrons. The first kappa shape index (κ1) is 17.9. The second kappa shape index (κ2) is 8.91. The molecule has 0 aliphatic rings. The molecule has 0 heterocycles. The van der Waals surface area contributed by atoms with E-state index in [0.29, 0.717) is 6.42 Å². The maximum Gasteiger partial charge on any atom is 0.224 e. The number of carbonyl (C=O) groups excluding carboxylic acids is 1. The molecule has 4 nitrogen and oxygen atoms in total. The molecule has 1 rings (SSSR count). The minimum atomic E-state index is -0.573. The average molecular weight is 287 g/mol. The number of nitrogens with one attached hydrogen (secondary N) is 1. The van der Waals surface area contributed by atoms with Crippen LogP contribution in [0.15, 0.2) is 30.3 Å². The third kappa shape index (κ3) is 6.57. The van der Waals surface area contributed by atoms with Crippen LogP contribution >= 0.6 is 12.4 Å². The molecule has 5 heteroatoms. The molecule has 3 unspecified atom stereocenters. The molecule has 108 valence electrons. The molecule has 0 saturated heterocycles. The first-order valence-corrected chi connectivity index (χ1v) is 6.26. The van der Waals surface area contributed by atoms with E-state index in [1.165, 1.54) is 0 Å². The number of nitrogens with two attached hydrogens (primary N) is 1. The Labute approximate surface area is 120 Å². The zero-order chi connectivity index (χ0) is 13.5. The summed E-state index contributed by atoms with van der Waals surface area (Å²) >= 11 is 0. The Morgan fingerprint density at radius 3 is 2.42 bits per heavy atom. The summed E-state index contributed by atoms with van der Waals surface area (Å²) in [5, 5.41) is 12.5. The van der Waals surface area contributed by atoms with Crippen LogP contribution in [0.25, 0.3) is 0 Å². The van der Waals surface area contributed by atoms with E-state index in [4.69, 9.17) is 5.73 Å². The Kier molecular flexibility index (Phi) is 8.39. The first-order valence-electron chi connectivity index (χ1n) is 6.26. The minimum absolute atomic E-state index is 0. The molecule has 1 aromatic carbocycles. The number of halogens is 1. The van der Waals surface area contributed by atoms with Gasteiger partial charge < -0.3 is 16.2 Å². The van der Waals surface area contributed by atoms with Crippen LogP contribution in [0.5, 0.6) is 0 Å². The summed E-state index contributed by atoms with van der Waals surface area (Å²) in [6, 6.07) is 9.52. The van der Waals surface area contributed by atoms with Crippen molar-refractivity contribution in [2.24, 2.45) is 11.7 Å². The van der Waals surface area contributed by atoms with Gasteiger partial charge in [-0.05, 0) is 12.5 Å². The number of aliphatic hydroxyl groups excluding tert-OH is 1. The van der Waals surface area contributed by atoms with Crippen molar-refractivity contribution in [2.75, 3.05) is 6.54 Å². The van der Waals surface area contributed by atoms with Crippen molar-refractivity contribution in [2.45, 2.75) is 32.4 Å². The number of carbonyl (C=O) groups is 1. The second-order valence-corrected chi connectivity index (χ2v) is 4.74. The third-order valence-electron chi connectivity index (χ3n) is 3.03. The highest BCUT2D eigenvalue weighted by molar-refractivity contribution is 5.85. The van der Waals surface area contributed by atoms with Crippen molar-refractivity contribution in [1.29, 1.82) is 0 Å². The number of rotatable bonds is 6. The number of aliphatic hydroxyl groups is 1. The molecule has 4 N–H and O–H groups in total. The Morgan fingerprint density at radius 1 is 1.32 bits per heavy atom. The lowest BCUT2D eigenvalue weighted by Gasteiger charge is -2.17. The van der Waals surface area contributed by atoms with Crippen molar-refractivity contribution >= 4 is 18.3 Å². The van der Waals surface area contributed by atoms with Gasteiger partial charge in [-0.1, -0.05) is 37.3 Å². The zero-order valence-corrected chi connectivity index (χ0v) is 12.2. The standard InChI is InChI=1S/C14H22N2O2.ClH/c1-10(11(2)15)14(18)16-9-13(17)8-12-6-4-3-5-7-12;/h3-7,10-11,13,17H,8-9,15H2,1-2H3,(H,16,18);1H. The third-order valence-corrected chi connectivity index (χ3v) is 3.03. The topological polar surface area (TPSA) is 75.4 Å². The van der Waals surface area contributed by atoms with E-state index < -0.39 is 6.10 Å². The van der Waals surface area contributed by atoms with Crippen molar-refractivity contribution in [3.8, 4) is 0 Å². The lowest BCUT2D eigenvalue weighted by molar-refractivity contribution is -0.125. The van der Waals surface area contributed by atoms with Gasteiger partial charge in [0.25, 0.3) is 0 Å². The van der Waals surface area contributed by atoms with Crippen LogP contribution in [0.3, 0.4) is 0 Å². The SMILES string of the molecule is CC(N)C(C)C(=O)NCC(O)Cc1ccccc1.Cl. The minimum Gasteiger partial charge on any atom is -0.391 e. The number of hydrogen-bond acceptors (Lipinski definition) is 3. The fourth-order valence-corrected chi connectivity index (χ4v) is 1.58. The number of amides is 1. The van der Waals surface area contributed by atoms with Crippen molar-refractivity contribution in [1.82, 2.24) is 5.32 Å². The van der Waals surface area contributed by atoms with E-state index in [0.717, 1.165) is 5.56 Å². The Balaban J connectivity index is 0.00000324. The number of benzene rings is 1. The molecule has 1 amide bonds. The van der Waals surface area contributed by atoms with Crippen LogP contribution < -0.4 is 11.1 Å². The van der Waals surface area contributed by atoms with Crippen LogP contribution in [0.1, 0.15) is 19.4 Å². The van der Waals surface area contributed by atoms with Crippen molar-refractivity contribution in [3.05, 3.63) is 35.9 Å². The fourth-order valence-electron chi connectivity index (χ4n) is 1.58. The van der Waals surface area contributed by atoms with E-state index >= 15 is 0 Å². The predicted octanol–water partition coefficient (Wildman–Crippen LogP) is 1.11. The summed E-state index contributed by atoms with van der Waals surface area (Å²) in [7, 11) is 0. The van der Waals surface area contributed by atoms with Gasteiger partial charge in [-0.15, -0.1) is 12.4 Å². The van der Waals surface area contributed by atoms with Crippen LogP contribution in [0.2, 0.25) is 0 Å². The highest BCUT2D eigenvalue weighted by Crippen LogP contribution is 2.03. The fraction of sp³-hybridized carbons (Fsp3) is 0.500. The highest BCUT2D eigenvalue weighted by Gasteiger charge is 2.17. The van der Waals surface area contributed by atoms with Crippen molar-refractivity contribution < 1.29 is 9.90 Å². The van der Waals surface area contributed by atoms with Gasteiger partial charge in [-0.2, -0.15) is 0 Å². The van der Waals surface area contributed by atoms with Crippen molar-refractivity contribution in [3.63, 3.8) is 0 Å².